The Hall–Kier alpha value is -4.56. The van der Waals surface area contributed by atoms with Gasteiger partial charge >= 0.3 is 0 Å². The monoisotopic (exact) mass is 548 g/mol. The van der Waals surface area contributed by atoms with Gasteiger partial charge in [0, 0.05) is 5.56 Å². The Balaban J connectivity index is 1.39. The van der Waals surface area contributed by atoms with E-state index in [1.54, 1.807) is 42.5 Å². The van der Waals surface area contributed by atoms with E-state index in [9.17, 15) is 9.18 Å². The van der Waals surface area contributed by atoms with E-state index in [1.807, 2.05) is 30.3 Å². The van der Waals surface area contributed by atoms with Gasteiger partial charge < -0.3 is 18.9 Å². The number of halogens is 2. The van der Waals surface area contributed by atoms with E-state index in [0.29, 0.717) is 46.3 Å². The van der Waals surface area contributed by atoms with Crippen molar-refractivity contribution >= 4 is 23.7 Å². The third kappa shape index (κ3) is 7.49. The Bertz CT molecular complexity index is 1460. The SMILES string of the molecule is COc1cc(C(=O)N/N=C/c2cc(Cl)c(OCc3cccc(F)c3)c(OC)c2)ccc1OCc1ccccc1. The van der Waals surface area contributed by atoms with Crippen molar-refractivity contribution in [3.63, 3.8) is 0 Å². The first kappa shape index (κ1) is 27.5. The molecule has 0 aromatic heterocycles. The summed E-state index contributed by atoms with van der Waals surface area (Å²) < 4.78 is 35.8. The first-order chi connectivity index (χ1) is 19.0. The average Bonchev–Trinajstić information content (AvgIpc) is 2.95. The number of hydrazone groups is 1. The molecule has 0 heterocycles. The molecule has 7 nitrogen and oxygen atoms in total. The fraction of sp³-hybridized carbons (Fsp3) is 0.133. The van der Waals surface area contributed by atoms with E-state index < -0.39 is 5.91 Å². The van der Waals surface area contributed by atoms with Crippen molar-refractivity contribution in [3.05, 3.63) is 118 Å². The number of hydrogen-bond acceptors (Lipinski definition) is 6. The molecule has 1 amide bonds. The minimum absolute atomic E-state index is 0.108. The molecular formula is C30H26ClFN2O5. The van der Waals surface area contributed by atoms with Crippen LogP contribution in [0.3, 0.4) is 0 Å². The van der Waals surface area contributed by atoms with Crippen LogP contribution in [0.5, 0.6) is 23.0 Å². The summed E-state index contributed by atoms with van der Waals surface area (Å²) in [6.07, 6.45) is 1.43. The minimum atomic E-state index is -0.438. The maximum Gasteiger partial charge on any atom is 0.271 e. The maximum atomic E-state index is 13.4. The third-order valence-electron chi connectivity index (χ3n) is 5.57. The van der Waals surface area contributed by atoms with Crippen LogP contribution in [-0.4, -0.2) is 26.3 Å². The largest absolute Gasteiger partial charge is 0.493 e. The van der Waals surface area contributed by atoms with E-state index in [4.69, 9.17) is 30.5 Å². The summed E-state index contributed by atoms with van der Waals surface area (Å²) in [6, 6.07) is 24.0. The Morgan fingerprint density at radius 2 is 1.59 bits per heavy atom. The van der Waals surface area contributed by atoms with E-state index >= 15 is 0 Å². The van der Waals surface area contributed by atoms with Crippen LogP contribution in [0.1, 0.15) is 27.0 Å². The summed E-state index contributed by atoms with van der Waals surface area (Å²) >= 11 is 6.41. The predicted octanol–water partition coefficient (Wildman–Crippen LogP) is 6.42. The summed E-state index contributed by atoms with van der Waals surface area (Å²) in [4.78, 5) is 12.7. The van der Waals surface area contributed by atoms with Crippen molar-refractivity contribution < 1.29 is 28.1 Å². The zero-order valence-corrected chi connectivity index (χ0v) is 22.1. The van der Waals surface area contributed by atoms with Gasteiger partial charge in [0.25, 0.3) is 5.91 Å². The number of methoxy groups -OCH3 is 2. The van der Waals surface area contributed by atoms with Gasteiger partial charge in [0.15, 0.2) is 23.0 Å². The molecule has 0 aliphatic heterocycles. The van der Waals surface area contributed by atoms with Gasteiger partial charge in [-0.25, -0.2) is 9.82 Å². The Morgan fingerprint density at radius 3 is 2.33 bits per heavy atom. The molecule has 200 valence electrons. The average molecular weight is 549 g/mol. The molecule has 0 aliphatic carbocycles. The Kier molecular flexibility index (Phi) is 9.37. The number of rotatable bonds is 11. The molecule has 0 aliphatic rings. The number of benzene rings is 4. The lowest BCUT2D eigenvalue weighted by molar-refractivity contribution is 0.0954. The molecule has 4 aromatic rings. The zero-order valence-electron chi connectivity index (χ0n) is 21.3. The van der Waals surface area contributed by atoms with Gasteiger partial charge in [-0.05, 0) is 59.2 Å². The molecule has 0 bridgehead atoms. The van der Waals surface area contributed by atoms with Gasteiger partial charge in [0.2, 0.25) is 0 Å². The predicted molar refractivity (Wildman–Crippen MR) is 148 cm³/mol. The molecule has 39 heavy (non-hydrogen) atoms. The molecule has 4 aromatic carbocycles. The number of ether oxygens (including phenoxy) is 4. The third-order valence-corrected chi connectivity index (χ3v) is 5.85. The topological polar surface area (TPSA) is 78.4 Å². The number of nitrogens with zero attached hydrogens (tertiary/aromatic N) is 1. The molecule has 0 unspecified atom stereocenters. The van der Waals surface area contributed by atoms with Crippen molar-refractivity contribution in [3.8, 4) is 23.0 Å². The smallest absolute Gasteiger partial charge is 0.271 e. The summed E-state index contributed by atoms with van der Waals surface area (Å²) in [5, 5.41) is 4.30. The summed E-state index contributed by atoms with van der Waals surface area (Å²) in [5.41, 5.74) is 5.05. The van der Waals surface area contributed by atoms with Gasteiger partial charge in [-0.15, -0.1) is 0 Å². The lowest BCUT2D eigenvalue weighted by atomic mass is 10.2. The molecule has 4 rings (SSSR count). The molecule has 9 heteroatoms. The van der Waals surface area contributed by atoms with Gasteiger partial charge in [-0.3, -0.25) is 4.79 Å². The molecule has 0 saturated carbocycles. The Labute approximate surface area is 230 Å². The quantitative estimate of drug-likeness (QED) is 0.173. The lowest BCUT2D eigenvalue weighted by Crippen LogP contribution is -2.17. The van der Waals surface area contributed by atoms with Crippen LogP contribution in [0.2, 0.25) is 5.02 Å². The number of nitrogens with one attached hydrogen (secondary N) is 1. The molecule has 0 saturated heterocycles. The maximum absolute atomic E-state index is 13.4. The number of amides is 1. The molecular weight excluding hydrogens is 523 g/mol. The lowest BCUT2D eigenvalue weighted by Gasteiger charge is -2.13. The van der Waals surface area contributed by atoms with Gasteiger partial charge in [-0.2, -0.15) is 5.10 Å². The second kappa shape index (κ2) is 13.3. The molecule has 1 N–H and O–H groups in total. The van der Waals surface area contributed by atoms with Gasteiger partial charge in [-0.1, -0.05) is 54.1 Å². The van der Waals surface area contributed by atoms with E-state index in [1.165, 1.54) is 32.6 Å². The van der Waals surface area contributed by atoms with Crippen LogP contribution in [0.4, 0.5) is 4.39 Å². The van der Waals surface area contributed by atoms with Gasteiger partial charge in [0.05, 0.1) is 25.5 Å². The highest BCUT2D eigenvalue weighted by Crippen LogP contribution is 2.36. The fourth-order valence-electron chi connectivity index (χ4n) is 3.63. The number of carbonyl (C=O) groups excluding carboxylic acids is 1. The molecule has 0 atom stereocenters. The van der Waals surface area contributed by atoms with Crippen LogP contribution < -0.4 is 24.4 Å². The van der Waals surface area contributed by atoms with Crippen LogP contribution in [-0.2, 0) is 13.2 Å². The second-order valence-corrected chi connectivity index (χ2v) is 8.70. The summed E-state index contributed by atoms with van der Waals surface area (Å²) in [5.74, 6) is 0.824. The van der Waals surface area contributed by atoms with Crippen molar-refractivity contribution in [1.29, 1.82) is 0 Å². The summed E-state index contributed by atoms with van der Waals surface area (Å²) in [6.45, 7) is 0.477. The first-order valence-corrected chi connectivity index (χ1v) is 12.3. The standard InChI is InChI=1S/C30H26ClFN2O5/c1-36-27-16-23(11-12-26(27)38-18-20-7-4-3-5-8-20)30(35)34-33-17-22-14-25(31)29(28(15-22)37-2)39-19-21-9-6-10-24(32)13-21/h3-17H,18-19H2,1-2H3,(H,34,35)/b33-17+. The zero-order chi connectivity index (χ0) is 27.6. The van der Waals surface area contributed by atoms with Crippen molar-refractivity contribution in [1.82, 2.24) is 5.43 Å². The fourth-order valence-corrected chi connectivity index (χ4v) is 3.90. The molecule has 0 radical (unpaired) electrons. The van der Waals surface area contributed by atoms with Crippen LogP contribution in [0, 0.1) is 5.82 Å². The van der Waals surface area contributed by atoms with E-state index in [0.717, 1.165) is 5.56 Å². The summed E-state index contributed by atoms with van der Waals surface area (Å²) in [7, 11) is 2.98. The van der Waals surface area contributed by atoms with Crippen LogP contribution in [0.15, 0.2) is 90.0 Å². The van der Waals surface area contributed by atoms with Crippen molar-refractivity contribution in [2.75, 3.05) is 14.2 Å². The normalized spacial score (nSPS) is 10.8. The molecule has 0 spiro atoms. The second-order valence-electron chi connectivity index (χ2n) is 8.29. The number of hydrogen-bond donors (Lipinski definition) is 1. The van der Waals surface area contributed by atoms with E-state index in [-0.39, 0.29) is 17.4 Å². The molecule has 0 fully saturated rings. The van der Waals surface area contributed by atoms with E-state index in [2.05, 4.69) is 10.5 Å². The first-order valence-electron chi connectivity index (χ1n) is 11.9. The van der Waals surface area contributed by atoms with Crippen LogP contribution >= 0.6 is 11.6 Å². The highest BCUT2D eigenvalue weighted by molar-refractivity contribution is 6.32. The van der Waals surface area contributed by atoms with Crippen LogP contribution in [0.25, 0.3) is 0 Å². The number of carbonyl (C=O) groups is 1. The Morgan fingerprint density at radius 1 is 0.846 bits per heavy atom. The van der Waals surface area contributed by atoms with Gasteiger partial charge in [0.1, 0.15) is 19.0 Å². The van der Waals surface area contributed by atoms with Crippen molar-refractivity contribution in [2.24, 2.45) is 5.10 Å². The highest BCUT2D eigenvalue weighted by Gasteiger charge is 2.13. The minimum Gasteiger partial charge on any atom is -0.493 e. The highest BCUT2D eigenvalue weighted by atomic mass is 35.5. The van der Waals surface area contributed by atoms with Crippen molar-refractivity contribution in [2.45, 2.75) is 13.2 Å².